The summed E-state index contributed by atoms with van der Waals surface area (Å²) in [5, 5.41) is 5.00. The third kappa shape index (κ3) is 8.07. The highest BCUT2D eigenvalue weighted by Gasteiger charge is 2.24. The number of aromatic nitrogens is 2. The molecule has 0 aliphatic carbocycles. The molecule has 35 heavy (non-hydrogen) atoms. The second kappa shape index (κ2) is 11.1. The number of benzene rings is 1. The van der Waals surface area contributed by atoms with Crippen molar-refractivity contribution in [3.63, 3.8) is 0 Å². The van der Waals surface area contributed by atoms with E-state index in [0.717, 1.165) is 44.6 Å². The number of alkyl carbamates (subject to hydrolysis) is 1. The highest BCUT2D eigenvalue weighted by atomic mass is 32.2. The molecule has 5 nitrogen and oxygen atoms in total. The maximum atomic E-state index is 12.6. The summed E-state index contributed by atoms with van der Waals surface area (Å²) in [7, 11) is 0. The molecule has 0 aliphatic rings. The molecule has 2 heterocycles. The lowest BCUT2D eigenvalue weighted by atomic mass is 9.85. The summed E-state index contributed by atoms with van der Waals surface area (Å²) >= 11 is 3.37. The Labute approximate surface area is 218 Å². The summed E-state index contributed by atoms with van der Waals surface area (Å²) in [6, 6.07) is 8.60. The number of nitrogens with zero attached hydrogens (tertiary/aromatic N) is 2. The van der Waals surface area contributed by atoms with Crippen LogP contribution >= 0.6 is 23.1 Å². The minimum absolute atomic E-state index is 0.0435. The first-order chi connectivity index (χ1) is 16.3. The monoisotopic (exact) mass is 511 g/mol. The molecule has 0 radical (unpaired) electrons. The molecule has 3 rings (SSSR count). The Morgan fingerprint density at radius 2 is 1.74 bits per heavy atom. The Balaban J connectivity index is 2.12. The molecule has 0 saturated carbocycles. The number of aryl methyl sites for hydroxylation is 2. The molecular formula is C28H37N3O2S2. The van der Waals surface area contributed by atoms with Gasteiger partial charge in [0.25, 0.3) is 0 Å². The molecule has 1 N–H and O–H groups in total. The molecule has 0 atom stereocenters. The standard InChI is InChI=1S/C28H37N3O2S2/c1-18-9-11-20(12-10-18)24-21(16-30-25(32)33-28(6,7)8)23(15-27(3,4)5)31-19(2)22(24)17-35-26-29-13-14-34-26/h9-14H,15-17H2,1-8H3,(H,30,32). The van der Waals surface area contributed by atoms with Crippen LogP contribution in [0, 0.1) is 19.3 Å². The first-order valence-electron chi connectivity index (χ1n) is 11.9. The number of amides is 1. The molecule has 0 unspecified atom stereocenters. The minimum atomic E-state index is -0.556. The van der Waals surface area contributed by atoms with Crippen molar-refractivity contribution in [1.29, 1.82) is 0 Å². The van der Waals surface area contributed by atoms with Gasteiger partial charge in [-0.2, -0.15) is 0 Å². The van der Waals surface area contributed by atoms with E-state index >= 15 is 0 Å². The molecule has 3 aromatic rings. The summed E-state index contributed by atoms with van der Waals surface area (Å²) in [5.74, 6) is 0.755. The average Bonchev–Trinajstić information content (AvgIpc) is 3.24. The van der Waals surface area contributed by atoms with Gasteiger partial charge in [-0.1, -0.05) is 62.4 Å². The summed E-state index contributed by atoms with van der Waals surface area (Å²) in [6.45, 7) is 16.8. The zero-order valence-corrected chi connectivity index (χ0v) is 23.7. The smallest absolute Gasteiger partial charge is 0.407 e. The number of hydrogen-bond acceptors (Lipinski definition) is 6. The van der Waals surface area contributed by atoms with Gasteiger partial charge < -0.3 is 10.1 Å². The molecule has 188 valence electrons. The van der Waals surface area contributed by atoms with Gasteiger partial charge in [-0.3, -0.25) is 4.98 Å². The molecule has 0 saturated heterocycles. The van der Waals surface area contributed by atoms with Crippen LogP contribution in [0.1, 0.15) is 69.6 Å². The van der Waals surface area contributed by atoms with E-state index in [0.29, 0.717) is 6.54 Å². The van der Waals surface area contributed by atoms with E-state index in [9.17, 15) is 4.79 Å². The van der Waals surface area contributed by atoms with Crippen molar-refractivity contribution in [2.75, 3.05) is 0 Å². The predicted molar refractivity (Wildman–Crippen MR) is 147 cm³/mol. The first kappa shape index (κ1) is 27.2. The van der Waals surface area contributed by atoms with E-state index in [-0.39, 0.29) is 5.41 Å². The van der Waals surface area contributed by atoms with Crippen LogP contribution in [-0.2, 0) is 23.5 Å². The van der Waals surface area contributed by atoms with Crippen LogP contribution in [0.3, 0.4) is 0 Å². The number of thiazole rings is 1. The molecule has 1 amide bonds. The molecule has 0 bridgehead atoms. The zero-order valence-electron chi connectivity index (χ0n) is 22.1. The molecule has 0 spiro atoms. The lowest BCUT2D eigenvalue weighted by Gasteiger charge is -2.25. The summed E-state index contributed by atoms with van der Waals surface area (Å²) in [4.78, 5) is 22.1. The summed E-state index contributed by atoms with van der Waals surface area (Å²) in [5.41, 5.74) is 7.24. The Hall–Kier alpha value is -2.38. The van der Waals surface area contributed by atoms with Crippen LogP contribution in [0.4, 0.5) is 4.79 Å². The number of thioether (sulfide) groups is 1. The number of carbonyl (C=O) groups is 1. The van der Waals surface area contributed by atoms with Crippen LogP contribution in [-0.4, -0.2) is 21.7 Å². The van der Waals surface area contributed by atoms with Crippen LogP contribution in [0.15, 0.2) is 40.2 Å². The Morgan fingerprint density at radius 1 is 1.06 bits per heavy atom. The Morgan fingerprint density at radius 3 is 2.31 bits per heavy atom. The summed E-state index contributed by atoms with van der Waals surface area (Å²) < 4.78 is 6.56. The van der Waals surface area contributed by atoms with Gasteiger partial charge in [-0.15, -0.1) is 11.3 Å². The highest BCUT2D eigenvalue weighted by Crippen LogP contribution is 2.37. The van der Waals surface area contributed by atoms with E-state index in [4.69, 9.17) is 9.72 Å². The lowest BCUT2D eigenvalue weighted by Crippen LogP contribution is -2.33. The van der Waals surface area contributed by atoms with E-state index < -0.39 is 11.7 Å². The third-order valence-corrected chi connectivity index (χ3v) is 7.28. The predicted octanol–water partition coefficient (Wildman–Crippen LogP) is 7.73. The molecule has 7 heteroatoms. The van der Waals surface area contributed by atoms with Gasteiger partial charge in [0.05, 0.1) is 0 Å². The van der Waals surface area contributed by atoms with Crippen molar-refractivity contribution in [1.82, 2.24) is 15.3 Å². The molecule has 0 fully saturated rings. The highest BCUT2D eigenvalue weighted by molar-refractivity contribution is 8.00. The fourth-order valence-electron chi connectivity index (χ4n) is 3.82. The topological polar surface area (TPSA) is 64.1 Å². The van der Waals surface area contributed by atoms with Crippen LogP contribution in [0.25, 0.3) is 11.1 Å². The molecule has 1 aromatic carbocycles. The van der Waals surface area contributed by atoms with Crippen molar-refractivity contribution in [2.24, 2.45) is 5.41 Å². The van der Waals surface area contributed by atoms with Crippen molar-refractivity contribution < 1.29 is 9.53 Å². The zero-order chi connectivity index (χ0) is 25.8. The molecule has 2 aromatic heterocycles. The lowest BCUT2D eigenvalue weighted by molar-refractivity contribution is 0.0523. The summed E-state index contributed by atoms with van der Waals surface area (Å²) in [6.07, 6.45) is 2.22. The Kier molecular flexibility index (Phi) is 8.65. The van der Waals surface area contributed by atoms with Crippen LogP contribution in [0.5, 0.6) is 0 Å². The van der Waals surface area contributed by atoms with Gasteiger partial charge >= 0.3 is 6.09 Å². The van der Waals surface area contributed by atoms with Crippen LogP contribution < -0.4 is 5.32 Å². The third-order valence-electron chi connectivity index (χ3n) is 5.29. The normalized spacial score (nSPS) is 12.0. The van der Waals surface area contributed by atoms with E-state index in [1.165, 1.54) is 11.1 Å². The number of pyridine rings is 1. The van der Waals surface area contributed by atoms with Crippen LogP contribution in [0.2, 0.25) is 0 Å². The van der Waals surface area contributed by atoms with Gasteiger partial charge in [-0.25, -0.2) is 9.78 Å². The fourth-order valence-corrected chi connectivity index (χ4v) is 5.55. The number of carbonyl (C=O) groups excluding carboxylic acids is 1. The second-order valence-corrected chi connectivity index (χ2v) is 13.1. The number of ether oxygens (including phenoxy) is 1. The van der Waals surface area contributed by atoms with E-state index in [1.54, 1.807) is 23.1 Å². The quantitative estimate of drug-likeness (QED) is 0.329. The molecule has 0 aliphatic heterocycles. The fraction of sp³-hybridized carbons (Fsp3) is 0.464. The van der Waals surface area contributed by atoms with Gasteiger partial charge in [-0.05, 0) is 63.1 Å². The Bertz CT molecular complexity index is 1140. The number of nitrogens with one attached hydrogen (secondary N) is 1. The van der Waals surface area contributed by atoms with Gasteiger partial charge in [0.15, 0.2) is 0 Å². The second-order valence-electron chi connectivity index (χ2n) is 11.0. The van der Waals surface area contributed by atoms with Gasteiger partial charge in [0.2, 0.25) is 0 Å². The van der Waals surface area contributed by atoms with E-state index in [2.05, 4.69) is 69.2 Å². The SMILES string of the molecule is Cc1ccc(-c2c(CSc3nccs3)c(C)nc(CC(C)(C)C)c2CNC(=O)OC(C)(C)C)cc1. The largest absolute Gasteiger partial charge is 0.444 e. The van der Waals surface area contributed by atoms with Gasteiger partial charge in [0.1, 0.15) is 9.94 Å². The number of rotatable bonds is 7. The first-order valence-corrected chi connectivity index (χ1v) is 13.8. The maximum absolute atomic E-state index is 12.6. The van der Waals surface area contributed by atoms with Crippen molar-refractivity contribution in [3.05, 3.63) is 63.9 Å². The molecular weight excluding hydrogens is 474 g/mol. The van der Waals surface area contributed by atoms with Crippen molar-refractivity contribution >= 4 is 29.2 Å². The van der Waals surface area contributed by atoms with Gasteiger partial charge in [0, 0.05) is 40.8 Å². The number of hydrogen-bond donors (Lipinski definition) is 1. The maximum Gasteiger partial charge on any atom is 0.407 e. The minimum Gasteiger partial charge on any atom is -0.444 e. The van der Waals surface area contributed by atoms with Crippen molar-refractivity contribution in [2.45, 2.75) is 84.0 Å². The van der Waals surface area contributed by atoms with Crippen molar-refractivity contribution in [3.8, 4) is 11.1 Å². The van der Waals surface area contributed by atoms with E-state index in [1.807, 2.05) is 32.3 Å². The average molecular weight is 512 g/mol.